The van der Waals surface area contributed by atoms with E-state index in [9.17, 15) is 14.7 Å². The standard InChI is InChI=1S/C18H20O4/c1-3-7-11-10(4-2)18(21)22-17-14(11)15(19)12-8-5-6-9-13(12)16(17)20/h5-6,8-11,18,21H,3-4,7H2,1-2H3/t10-,11-,18?/m1/s1. The second kappa shape index (κ2) is 5.69. The predicted molar refractivity (Wildman–Crippen MR) is 81.4 cm³/mol. The first kappa shape index (κ1) is 15.0. The lowest BCUT2D eigenvalue weighted by molar-refractivity contribution is -0.127. The molecule has 4 nitrogen and oxygen atoms in total. The molecular formula is C18H20O4. The summed E-state index contributed by atoms with van der Waals surface area (Å²) >= 11 is 0. The lowest BCUT2D eigenvalue weighted by Gasteiger charge is -2.39. The fraction of sp³-hybridized carbons (Fsp3) is 0.444. The summed E-state index contributed by atoms with van der Waals surface area (Å²) in [6.07, 6.45) is 1.32. The Labute approximate surface area is 129 Å². The van der Waals surface area contributed by atoms with Crippen LogP contribution in [0.5, 0.6) is 0 Å². The number of rotatable bonds is 3. The van der Waals surface area contributed by atoms with E-state index in [0.29, 0.717) is 23.1 Å². The SMILES string of the molecule is CCC[C@H]1C2=C(OC(O)[C@@H]1CC)C(=O)c1ccccc1C2=O. The molecule has 4 heteroatoms. The number of aliphatic hydroxyl groups is 1. The molecule has 3 rings (SSSR count). The van der Waals surface area contributed by atoms with Gasteiger partial charge < -0.3 is 9.84 Å². The molecule has 2 aliphatic rings. The van der Waals surface area contributed by atoms with Gasteiger partial charge in [-0.25, -0.2) is 0 Å². The third kappa shape index (κ3) is 2.10. The zero-order valence-electron chi connectivity index (χ0n) is 12.8. The van der Waals surface area contributed by atoms with E-state index >= 15 is 0 Å². The van der Waals surface area contributed by atoms with E-state index < -0.39 is 6.29 Å². The highest BCUT2D eigenvalue weighted by Crippen LogP contribution is 2.43. The van der Waals surface area contributed by atoms with Crippen LogP contribution < -0.4 is 0 Å². The number of aliphatic hydroxyl groups excluding tert-OH is 1. The molecular weight excluding hydrogens is 280 g/mol. The largest absolute Gasteiger partial charge is 0.460 e. The smallest absolute Gasteiger partial charge is 0.228 e. The molecule has 116 valence electrons. The van der Waals surface area contributed by atoms with Crippen LogP contribution in [0.1, 0.15) is 53.8 Å². The van der Waals surface area contributed by atoms with E-state index in [0.717, 1.165) is 12.8 Å². The Morgan fingerprint density at radius 2 is 1.73 bits per heavy atom. The normalized spacial score (nSPS) is 27.3. The van der Waals surface area contributed by atoms with Gasteiger partial charge in [0.05, 0.1) is 0 Å². The van der Waals surface area contributed by atoms with Gasteiger partial charge in [-0.1, -0.05) is 44.5 Å². The van der Waals surface area contributed by atoms with Gasteiger partial charge in [-0.3, -0.25) is 9.59 Å². The molecule has 1 heterocycles. The van der Waals surface area contributed by atoms with Gasteiger partial charge in [-0.2, -0.15) is 0 Å². The Morgan fingerprint density at radius 1 is 1.09 bits per heavy atom. The van der Waals surface area contributed by atoms with Gasteiger partial charge in [0.25, 0.3) is 0 Å². The summed E-state index contributed by atoms with van der Waals surface area (Å²) < 4.78 is 5.47. The van der Waals surface area contributed by atoms with Crippen LogP contribution in [0, 0.1) is 11.8 Å². The number of carbonyl (C=O) groups is 2. The second-order valence-corrected chi connectivity index (χ2v) is 5.92. The van der Waals surface area contributed by atoms with Crippen LogP contribution in [0.15, 0.2) is 35.6 Å². The van der Waals surface area contributed by atoms with Crippen LogP contribution in [-0.4, -0.2) is 23.0 Å². The molecule has 1 unspecified atom stereocenters. The molecule has 1 aromatic carbocycles. The molecule has 1 N–H and O–H groups in total. The van der Waals surface area contributed by atoms with Crippen molar-refractivity contribution in [1.29, 1.82) is 0 Å². The molecule has 3 atom stereocenters. The van der Waals surface area contributed by atoms with Gasteiger partial charge in [0.2, 0.25) is 12.1 Å². The average Bonchev–Trinajstić information content (AvgIpc) is 2.53. The number of ketones is 2. The molecule has 1 aliphatic heterocycles. The van der Waals surface area contributed by atoms with Crippen LogP contribution in [0.4, 0.5) is 0 Å². The van der Waals surface area contributed by atoms with Gasteiger partial charge >= 0.3 is 0 Å². The average molecular weight is 300 g/mol. The van der Waals surface area contributed by atoms with Gasteiger partial charge in [-0.05, 0) is 12.8 Å². The monoisotopic (exact) mass is 300 g/mol. The van der Waals surface area contributed by atoms with Gasteiger partial charge in [0, 0.05) is 28.5 Å². The maximum absolute atomic E-state index is 12.9. The molecule has 0 fully saturated rings. The molecule has 0 saturated carbocycles. The van der Waals surface area contributed by atoms with Crippen molar-refractivity contribution in [2.45, 2.75) is 39.4 Å². The maximum Gasteiger partial charge on any atom is 0.228 e. The molecule has 1 aromatic rings. The minimum absolute atomic E-state index is 0.0550. The quantitative estimate of drug-likeness (QED) is 0.931. The molecule has 22 heavy (non-hydrogen) atoms. The topological polar surface area (TPSA) is 63.6 Å². The third-order valence-corrected chi connectivity index (χ3v) is 4.68. The minimum atomic E-state index is -1.03. The maximum atomic E-state index is 12.9. The third-order valence-electron chi connectivity index (χ3n) is 4.68. The van der Waals surface area contributed by atoms with Crippen molar-refractivity contribution in [2.24, 2.45) is 11.8 Å². The molecule has 0 spiro atoms. The lowest BCUT2D eigenvalue weighted by atomic mass is 9.72. The number of carbonyl (C=O) groups excluding carboxylic acids is 2. The van der Waals surface area contributed by atoms with Crippen LogP contribution in [0.3, 0.4) is 0 Å². The molecule has 0 radical (unpaired) electrons. The van der Waals surface area contributed by atoms with Crippen LogP contribution in [-0.2, 0) is 4.74 Å². The van der Waals surface area contributed by atoms with Crippen molar-refractivity contribution in [1.82, 2.24) is 0 Å². The van der Waals surface area contributed by atoms with E-state index in [2.05, 4.69) is 0 Å². The summed E-state index contributed by atoms with van der Waals surface area (Å²) in [6.45, 7) is 4.01. The van der Waals surface area contributed by atoms with E-state index in [-0.39, 0.29) is 29.2 Å². The number of benzene rings is 1. The Bertz CT molecular complexity index is 659. The fourth-order valence-electron chi connectivity index (χ4n) is 3.60. The number of fused-ring (bicyclic) bond motifs is 1. The summed E-state index contributed by atoms with van der Waals surface area (Å²) in [5, 5.41) is 10.2. The van der Waals surface area contributed by atoms with Crippen LogP contribution in [0.2, 0.25) is 0 Å². The summed E-state index contributed by atoms with van der Waals surface area (Å²) in [6, 6.07) is 6.82. The zero-order valence-corrected chi connectivity index (χ0v) is 12.8. The molecule has 0 aromatic heterocycles. The van der Waals surface area contributed by atoms with E-state index in [1.54, 1.807) is 24.3 Å². The summed E-state index contributed by atoms with van der Waals surface area (Å²) in [7, 11) is 0. The summed E-state index contributed by atoms with van der Waals surface area (Å²) in [4.78, 5) is 25.5. The van der Waals surface area contributed by atoms with Crippen molar-refractivity contribution in [2.75, 3.05) is 0 Å². The van der Waals surface area contributed by atoms with E-state index in [1.165, 1.54) is 0 Å². The van der Waals surface area contributed by atoms with Gasteiger partial charge in [0.15, 0.2) is 11.5 Å². The highest BCUT2D eigenvalue weighted by Gasteiger charge is 2.45. The highest BCUT2D eigenvalue weighted by molar-refractivity contribution is 6.26. The van der Waals surface area contributed by atoms with Gasteiger partial charge in [0.1, 0.15) is 0 Å². The van der Waals surface area contributed by atoms with Gasteiger partial charge in [-0.15, -0.1) is 0 Å². The minimum Gasteiger partial charge on any atom is -0.460 e. The second-order valence-electron chi connectivity index (χ2n) is 5.92. The number of hydrogen-bond acceptors (Lipinski definition) is 4. The molecule has 0 bridgehead atoms. The number of Topliss-reactive ketones (excluding diaryl/α,β-unsaturated/α-hetero) is 2. The first-order valence-electron chi connectivity index (χ1n) is 7.87. The van der Waals surface area contributed by atoms with E-state index in [1.807, 2.05) is 13.8 Å². The van der Waals surface area contributed by atoms with Crippen molar-refractivity contribution in [3.63, 3.8) is 0 Å². The fourth-order valence-corrected chi connectivity index (χ4v) is 3.60. The lowest BCUT2D eigenvalue weighted by Crippen LogP contribution is -2.42. The first-order chi connectivity index (χ1) is 10.6. The molecule has 0 amide bonds. The van der Waals surface area contributed by atoms with Crippen molar-refractivity contribution >= 4 is 11.6 Å². The van der Waals surface area contributed by atoms with Crippen LogP contribution in [0.25, 0.3) is 0 Å². The molecule has 0 saturated heterocycles. The number of hydrogen-bond donors (Lipinski definition) is 1. The van der Waals surface area contributed by atoms with Crippen molar-refractivity contribution in [3.8, 4) is 0 Å². The predicted octanol–water partition coefficient (Wildman–Crippen LogP) is 3.11. The number of allylic oxidation sites excluding steroid dienone is 2. The van der Waals surface area contributed by atoms with E-state index in [4.69, 9.17) is 4.74 Å². The summed E-state index contributed by atoms with van der Waals surface area (Å²) in [5.41, 5.74) is 1.27. The van der Waals surface area contributed by atoms with Crippen LogP contribution >= 0.6 is 0 Å². The molecule has 1 aliphatic carbocycles. The Balaban J connectivity index is 2.15. The Kier molecular flexibility index (Phi) is 3.87. The van der Waals surface area contributed by atoms with Crippen molar-refractivity contribution < 1.29 is 19.4 Å². The Hall–Kier alpha value is -1.94. The van der Waals surface area contributed by atoms with Crippen molar-refractivity contribution in [3.05, 3.63) is 46.7 Å². The zero-order chi connectivity index (χ0) is 15.9. The first-order valence-corrected chi connectivity index (χ1v) is 7.87. The number of ether oxygens (including phenoxy) is 1. The highest BCUT2D eigenvalue weighted by atomic mass is 16.6. The Morgan fingerprint density at radius 3 is 2.32 bits per heavy atom. The summed E-state index contributed by atoms with van der Waals surface area (Å²) in [5.74, 6) is -0.646.